The Morgan fingerprint density at radius 1 is 1.00 bits per heavy atom. The molecule has 0 amide bonds. The quantitative estimate of drug-likeness (QED) is 0.462. The van der Waals surface area contributed by atoms with Crippen molar-refractivity contribution in [3.05, 3.63) is 35.5 Å². The maximum atomic E-state index is 2.41. The number of hydrogen-bond acceptors (Lipinski definition) is 0. The van der Waals surface area contributed by atoms with E-state index >= 15 is 0 Å². The lowest BCUT2D eigenvalue weighted by atomic mass is 9.86. The molecule has 0 aliphatic heterocycles. The molecule has 0 spiro atoms. The van der Waals surface area contributed by atoms with E-state index in [-0.39, 0.29) is 0 Å². The molecular formula is C17H28. The molecule has 0 aromatic heterocycles. The van der Waals surface area contributed by atoms with Crippen LogP contribution in [-0.4, -0.2) is 0 Å². The molecule has 0 nitrogen and oxygen atoms in total. The zero-order valence-corrected chi connectivity index (χ0v) is 12.1. The highest BCUT2D eigenvalue weighted by molar-refractivity contribution is 5.10. The van der Waals surface area contributed by atoms with Gasteiger partial charge in [0.1, 0.15) is 0 Å². The first-order valence-corrected chi connectivity index (χ1v) is 6.98. The minimum Gasteiger partial charge on any atom is -0.0839 e. The molecule has 0 bridgehead atoms. The lowest BCUT2D eigenvalue weighted by Crippen LogP contribution is -2.06. The molecule has 1 aliphatic rings. The maximum absolute atomic E-state index is 2.41. The zero-order valence-electron chi connectivity index (χ0n) is 12.1. The van der Waals surface area contributed by atoms with E-state index in [4.69, 9.17) is 0 Å². The molecule has 0 atom stereocenters. The Hall–Kier alpha value is -0.780. The molecular weight excluding hydrogens is 204 g/mol. The number of allylic oxidation sites excluding steroid dienone is 6. The summed E-state index contributed by atoms with van der Waals surface area (Å²) in [4.78, 5) is 0. The van der Waals surface area contributed by atoms with Crippen LogP contribution in [0, 0.1) is 5.41 Å². The fraction of sp³-hybridized carbons (Fsp3) is 0.647. The van der Waals surface area contributed by atoms with Gasteiger partial charge in [-0.05, 0) is 51.4 Å². The SMILES string of the molecule is CC1=CC/C=C(/C)CCCCC(C)(C)C=CC1. The molecule has 0 N–H and O–H groups in total. The number of hydrogen-bond donors (Lipinski definition) is 0. The fourth-order valence-corrected chi connectivity index (χ4v) is 2.28. The van der Waals surface area contributed by atoms with Gasteiger partial charge in [-0.3, -0.25) is 0 Å². The fourth-order valence-electron chi connectivity index (χ4n) is 2.28. The minimum atomic E-state index is 0.367. The van der Waals surface area contributed by atoms with Crippen LogP contribution in [0.5, 0.6) is 0 Å². The van der Waals surface area contributed by atoms with Crippen LogP contribution in [0.4, 0.5) is 0 Å². The third kappa shape index (κ3) is 6.51. The summed E-state index contributed by atoms with van der Waals surface area (Å²) in [6.45, 7) is 9.21. The highest BCUT2D eigenvalue weighted by Gasteiger charge is 2.12. The summed E-state index contributed by atoms with van der Waals surface area (Å²) >= 11 is 0. The van der Waals surface area contributed by atoms with Crippen molar-refractivity contribution < 1.29 is 0 Å². The average Bonchev–Trinajstić information content (AvgIpc) is 2.24. The van der Waals surface area contributed by atoms with Crippen molar-refractivity contribution in [3.8, 4) is 0 Å². The average molecular weight is 232 g/mol. The van der Waals surface area contributed by atoms with Crippen molar-refractivity contribution in [2.24, 2.45) is 5.41 Å². The molecule has 1 aliphatic carbocycles. The van der Waals surface area contributed by atoms with Gasteiger partial charge in [-0.2, -0.15) is 0 Å². The van der Waals surface area contributed by atoms with Gasteiger partial charge in [-0.25, -0.2) is 0 Å². The largest absolute Gasteiger partial charge is 0.0839 e. The summed E-state index contributed by atoms with van der Waals surface area (Å²) in [5, 5.41) is 0. The Balaban J connectivity index is 2.69. The molecule has 17 heavy (non-hydrogen) atoms. The van der Waals surface area contributed by atoms with E-state index < -0.39 is 0 Å². The van der Waals surface area contributed by atoms with Crippen molar-refractivity contribution in [1.29, 1.82) is 0 Å². The second-order valence-electron chi connectivity index (χ2n) is 6.14. The lowest BCUT2D eigenvalue weighted by Gasteiger charge is -2.20. The van der Waals surface area contributed by atoms with Crippen molar-refractivity contribution in [3.63, 3.8) is 0 Å². The summed E-state index contributed by atoms with van der Waals surface area (Å²) in [6, 6.07) is 0. The van der Waals surface area contributed by atoms with E-state index in [0.717, 1.165) is 12.8 Å². The third-order valence-corrected chi connectivity index (χ3v) is 3.58. The van der Waals surface area contributed by atoms with Crippen LogP contribution in [0.3, 0.4) is 0 Å². The van der Waals surface area contributed by atoms with Crippen LogP contribution in [0.2, 0.25) is 0 Å². The summed E-state index contributed by atoms with van der Waals surface area (Å²) in [5.41, 5.74) is 3.41. The second-order valence-corrected chi connectivity index (χ2v) is 6.14. The normalized spacial score (nSPS) is 25.9. The molecule has 0 aromatic carbocycles. The Morgan fingerprint density at radius 2 is 1.71 bits per heavy atom. The van der Waals surface area contributed by atoms with Crippen LogP contribution >= 0.6 is 0 Å². The van der Waals surface area contributed by atoms with Crippen LogP contribution in [0.25, 0.3) is 0 Å². The maximum Gasteiger partial charge on any atom is -0.0141 e. The minimum absolute atomic E-state index is 0.367. The van der Waals surface area contributed by atoms with E-state index in [1.54, 1.807) is 5.57 Å². The zero-order chi connectivity index (χ0) is 12.7. The van der Waals surface area contributed by atoms with E-state index in [9.17, 15) is 0 Å². The molecule has 0 radical (unpaired) electrons. The molecule has 0 aromatic rings. The van der Waals surface area contributed by atoms with Gasteiger partial charge in [0.15, 0.2) is 0 Å². The Bertz CT molecular complexity index is 313. The lowest BCUT2D eigenvalue weighted by molar-refractivity contribution is 0.413. The molecule has 96 valence electrons. The predicted octanol–water partition coefficient (Wildman–Crippen LogP) is 5.82. The van der Waals surface area contributed by atoms with Crippen LogP contribution in [0.15, 0.2) is 35.5 Å². The molecule has 1 rings (SSSR count). The first-order valence-electron chi connectivity index (χ1n) is 6.98. The van der Waals surface area contributed by atoms with E-state index in [1.165, 1.54) is 31.3 Å². The Morgan fingerprint density at radius 3 is 2.47 bits per heavy atom. The van der Waals surface area contributed by atoms with Crippen molar-refractivity contribution in [2.75, 3.05) is 0 Å². The van der Waals surface area contributed by atoms with Crippen LogP contribution < -0.4 is 0 Å². The van der Waals surface area contributed by atoms with Gasteiger partial charge in [0.05, 0.1) is 0 Å². The summed E-state index contributed by atoms with van der Waals surface area (Å²) < 4.78 is 0. The van der Waals surface area contributed by atoms with E-state index in [0.29, 0.717) is 5.41 Å². The summed E-state index contributed by atoms with van der Waals surface area (Å²) in [7, 11) is 0. The second kappa shape index (κ2) is 6.83. The van der Waals surface area contributed by atoms with Gasteiger partial charge in [0.25, 0.3) is 0 Å². The van der Waals surface area contributed by atoms with Gasteiger partial charge in [0, 0.05) is 0 Å². The molecule has 0 heterocycles. The van der Waals surface area contributed by atoms with Gasteiger partial charge in [-0.15, -0.1) is 0 Å². The van der Waals surface area contributed by atoms with Crippen LogP contribution in [0.1, 0.15) is 66.2 Å². The highest BCUT2D eigenvalue weighted by Crippen LogP contribution is 2.26. The third-order valence-electron chi connectivity index (χ3n) is 3.58. The predicted molar refractivity (Wildman–Crippen MR) is 78.1 cm³/mol. The smallest absolute Gasteiger partial charge is 0.0141 e. The summed E-state index contributed by atoms with van der Waals surface area (Å²) in [6.07, 6.45) is 17.0. The van der Waals surface area contributed by atoms with Gasteiger partial charge >= 0.3 is 0 Å². The molecule has 0 fully saturated rings. The Labute approximate surface area is 108 Å². The first-order chi connectivity index (χ1) is 7.99. The molecule has 0 unspecified atom stereocenters. The highest BCUT2D eigenvalue weighted by atomic mass is 14.2. The van der Waals surface area contributed by atoms with Crippen molar-refractivity contribution >= 4 is 0 Å². The summed E-state index contributed by atoms with van der Waals surface area (Å²) in [5.74, 6) is 0. The molecule has 0 saturated heterocycles. The monoisotopic (exact) mass is 232 g/mol. The topological polar surface area (TPSA) is 0 Å². The molecule has 0 heteroatoms. The van der Waals surface area contributed by atoms with Crippen LogP contribution in [-0.2, 0) is 0 Å². The van der Waals surface area contributed by atoms with Gasteiger partial charge in [0.2, 0.25) is 0 Å². The number of rotatable bonds is 0. The first kappa shape index (κ1) is 14.3. The van der Waals surface area contributed by atoms with Crippen molar-refractivity contribution in [2.45, 2.75) is 66.2 Å². The van der Waals surface area contributed by atoms with Gasteiger partial charge < -0.3 is 0 Å². The molecule has 0 saturated carbocycles. The van der Waals surface area contributed by atoms with Gasteiger partial charge in [-0.1, -0.05) is 55.7 Å². The standard InChI is InChI=1S/C17H28/c1-15-9-5-6-13-17(3,4)14-8-12-16(2)11-7-10-15/h8,10-11,14H,5-7,9,12-13H2,1-4H3/b14-8?,15-10-,16-11?. The van der Waals surface area contributed by atoms with Crippen molar-refractivity contribution in [1.82, 2.24) is 0 Å². The van der Waals surface area contributed by atoms with E-state index in [1.807, 2.05) is 0 Å². The Kier molecular flexibility index (Phi) is 5.74. The van der Waals surface area contributed by atoms with E-state index in [2.05, 4.69) is 52.0 Å².